The van der Waals surface area contributed by atoms with E-state index in [2.05, 4.69) is 28.2 Å². The van der Waals surface area contributed by atoms with Gasteiger partial charge in [0.25, 0.3) is 0 Å². The van der Waals surface area contributed by atoms with Gasteiger partial charge in [0.05, 0.1) is 13.0 Å². The Bertz CT molecular complexity index is 1290. The number of carbonyl (C=O) groups is 3. The second kappa shape index (κ2) is 14.9. The molecule has 0 aliphatic carbocycles. The zero-order chi connectivity index (χ0) is 28.2. The van der Waals surface area contributed by atoms with Gasteiger partial charge in [-0.15, -0.1) is 0 Å². The summed E-state index contributed by atoms with van der Waals surface area (Å²) in [6.45, 7) is 5.01. The highest BCUT2D eigenvalue weighted by Crippen LogP contribution is 2.26. The molecule has 0 spiro atoms. The number of aromatic nitrogens is 1. The molecule has 3 aromatic rings. The van der Waals surface area contributed by atoms with Crippen molar-refractivity contribution >= 4 is 34.9 Å². The lowest BCUT2D eigenvalue weighted by atomic mass is 9.92. The highest BCUT2D eigenvalue weighted by Gasteiger charge is 2.23. The van der Waals surface area contributed by atoms with E-state index in [1.165, 1.54) is 6.08 Å². The molecule has 1 aliphatic rings. The molecule has 2 amide bonds. The monoisotopic (exact) mass is 545 g/mol. The van der Waals surface area contributed by atoms with Crippen LogP contribution in [0.25, 0.3) is 17.0 Å². The number of piperidine rings is 1. The molecule has 2 heterocycles. The van der Waals surface area contributed by atoms with Gasteiger partial charge in [0.1, 0.15) is 6.61 Å². The quantitative estimate of drug-likeness (QED) is 0.238. The minimum absolute atomic E-state index is 0.157. The standard InChI is InChI=1S/C32H39N3O5/c1-2-39-31(37)16-19-33-30(36)15-14-27-23-35(29-13-7-6-12-28(27)29)20-8-11-25-17-21-34(22-18-25)32(38)40-24-26-9-4-3-5-10-26/h3-7,9-10,12-15,23,25H,2,8,11,16-22,24H2,1H3,(H,33,36)/b15-14+. The lowest BCUT2D eigenvalue weighted by Gasteiger charge is -2.31. The number of nitrogens with zero attached hydrogens (tertiary/aromatic N) is 2. The van der Waals surface area contributed by atoms with Crippen LogP contribution in [0, 0.1) is 5.92 Å². The highest BCUT2D eigenvalue weighted by molar-refractivity contribution is 5.96. The molecule has 1 N–H and O–H groups in total. The number of likely N-dealkylation sites (tertiary alicyclic amines) is 1. The number of fused-ring (bicyclic) bond motifs is 1. The number of hydrogen-bond donors (Lipinski definition) is 1. The van der Waals surface area contributed by atoms with Crippen molar-refractivity contribution in [2.45, 2.75) is 52.2 Å². The maximum absolute atomic E-state index is 12.5. The van der Waals surface area contributed by atoms with Gasteiger partial charge in [0.15, 0.2) is 0 Å². The Labute approximate surface area is 235 Å². The van der Waals surface area contributed by atoms with Gasteiger partial charge in [-0.2, -0.15) is 0 Å². The van der Waals surface area contributed by atoms with Crippen LogP contribution < -0.4 is 5.32 Å². The third-order valence-electron chi connectivity index (χ3n) is 7.26. The van der Waals surface area contributed by atoms with Crippen molar-refractivity contribution in [3.8, 4) is 0 Å². The lowest BCUT2D eigenvalue weighted by molar-refractivity contribution is -0.142. The minimum Gasteiger partial charge on any atom is -0.466 e. The van der Waals surface area contributed by atoms with E-state index in [-0.39, 0.29) is 30.9 Å². The van der Waals surface area contributed by atoms with Crippen LogP contribution in [0.5, 0.6) is 0 Å². The van der Waals surface area contributed by atoms with Crippen LogP contribution in [0.1, 0.15) is 50.2 Å². The van der Waals surface area contributed by atoms with E-state index in [1.807, 2.05) is 53.4 Å². The van der Waals surface area contributed by atoms with Gasteiger partial charge in [-0.3, -0.25) is 9.59 Å². The average molecular weight is 546 g/mol. The van der Waals surface area contributed by atoms with Crippen molar-refractivity contribution in [2.75, 3.05) is 26.2 Å². The predicted molar refractivity (Wildman–Crippen MR) is 155 cm³/mol. The molecule has 0 radical (unpaired) electrons. The number of hydrogen-bond acceptors (Lipinski definition) is 5. The van der Waals surface area contributed by atoms with E-state index in [0.29, 0.717) is 19.1 Å². The van der Waals surface area contributed by atoms with Crippen molar-refractivity contribution in [1.29, 1.82) is 0 Å². The first-order valence-corrected chi connectivity index (χ1v) is 14.2. The number of benzene rings is 2. The van der Waals surface area contributed by atoms with Gasteiger partial charge in [-0.1, -0.05) is 48.5 Å². The Hall–Kier alpha value is -4.07. The molecule has 40 heavy (non-hydrogen) atoms. The van der Waals surface area contributed by atoms with Gasteiger partial charge in [0.2, 0.25) is 5.91 Å². The number of esters is 1. The summed E-state index contributed by atoms with van der Waals surface area (Å²) in [7, 11) is 0. The first-order chi connectivity index (χ1) is 19.5. The summed E-state index contributed by atoms with van der Waals surface area (Å²) in [6, 6.07) is 18.0. The number of aryl methyl sites for hydroxylation is 1. The second-order valence-electron chi connectivity index (χ2n) is 10.1. The molecule has 1 saturated heterocycles. The molecule has 1 aliphatic heterocycles. The molecule has 1 aromatic heterocycles. The van der Waals surface area contributed by atoms with Crippen molar-refractivity contribution in [3.63, 3.8) is 0 Å². The zero-order valence-corrected chi connectivity index (χ0v) is 23.2. The van der Waals surface area contributed by atoms with Crippen LogP contribution in [-0.4, -0.2) is 53.7 Å². The van der Waals surface area contributed by atoms with Crippen LogP contribution in [0.4, 0.5) is 4.79 Å². The van der Waals surface area contributed by atoms with E-state index in [4.69, 9.17) is 9.47 Å². The van der Waals surface area contributed by atoms with Crippen LogP contribution in [0.3, 0.4) is 0 Å². The van der Waals surface area contributed by atoms with Gasteiger partial charge in [-0.05, 0) is 56.2 Å². The normalized spacial score (nSPS) is 14.0. The molecule has 8 nitrogen and oxygen atoms in total. The van der Waals surface area contributed by atoms with Crippen molar-refractivity contribution < 1.29 is 23.9 Å². The molecule has 2 aromatic carbocycles. The summed E-state index contributed by atoms with van der Waals surface area (Å²) in [5, 5.41) is 3.82. The van der Waals surface area contributed by atoms with E-state index in [1.54, 1.807) is 6.92 Å². The fourth-order valence-electron chi connectivity index (χ4n) is 5.10. The predicted octanol–water partition coefficient (Wildman–Crippen LogP) is 5.55. The zero-order valence-electron chi connectivity index (χ0n) is 23.2. The van der Waals surface area contributed by atoms with Gasteiger partial charge < -0.3 is 24.3 Å². The molecule has 1 fully saturated rings. The van der Waals surface area contributed by atoms with Crippen LogP contribution in [-0.2, 0) is 32.2 Å². The molecular weight excluding hydrogens is 506 g/mol. The number of rotatable bonds is 12. The third-order valence-corrected chi connectivity index (χ3v) is 7.26. The Morgan fingerprint density at radius 2 is 1.75 bits per heavy atom. The Morgan fingerprint density at radius 1 is 1.00 bits per heavy atom. The smallest absolute Gasteiger partial charge is 0.410 e. The topological polar surface area (TPSA) is 89.9 Å². The first kappa shape index (κ1) is 28.9. The molecule has 0 atom stereocenters. The number of carbonyl (C=O) groups excluding carboxylic acids is 3. The summed E-state index contributed by atoms with van der Waals surface area (Å²) >= 11 is 0. The Balaban J connectivity index is 1.22. The molecule has 0 unspecified atom stereocenters. The summed E-state index contributed by atoms with van der Waals surface area (Å²) in [5.41, 5.74) is 3.12. The fourth-order valence-corrected chi connectivity index (χ4v) is 5.10. The first-order valence-electron chi connectivity index (χ1n) is 14.2. The third kappa shape index (κ3) is 8.46. The largest absolute Gasteiger partial charge is 0.466 e. The molecular formula is C32H39N3O5. The van der Waals surface area contributed by atoms with Crippen molar-refractivity contribution in [1.82, 2.24) is 14.8 Å². The maximum atomic E-state index is 12.5. The summed E-state index contributed by atoms with van der Waals surface area (Å²) in [5.74, 6) is 0.0378. The summed E-state index contributed by atoms with van der Waals surface area (Å²) in [6.07, 6.45) is 9.49. The molecule has 4 rings (SSSR count). The average Bonchev–Trinajstić information content (AvgIpc) is 3.33. The van der Waals surface area contributed by atoms with Crippen LogP contribution in [0.15, 0.2) is 66.9 Å². The summed E-state index contributed by atoms with van der Waals surface area (Å²) < 4.78 is 12.6. The van der Waals surface area contributed by atoms with Crippen molar-refractivity contribution in [2.24, 2.45) is 5.92 Å². The number of ether oxygens (including phenoxy) is 2. The lowest BCUT2D eigenvalue weighted by Crippen LogP contribution is -2.38. The molecule has 212 valence electrons. The van der Waals surface area contributed by atoms with E-state index < -0.39 is 0 Å². The molecule has 8 heteroatoms. The number of amides is 2. The van der Waals surface area contributed by atoms with E-state index in [9.17, 15) is 14.4 Å². The summed E-state index contributed by atoms with van der Waals surface area (Å²) in [4.78, 5) is 37.9. The second-order valence-corrected chi connectivity index (χ2v) is 10.1. The van der Waals surface area contributed by atoms with E-state index >= 15 is 0 Å². The van der Waals surface area contributed by atoms with Crippen LogP contribution in [0.2, 0.25) is 0 Å². The number of para-hydroxylation sites is 1. The SMILES string of the molecule is CCOC(=O)CCNC(=O)/C=C/c1cn(CCCC2CCN(C(=O)OCc3ccccc3)CC2)c2ccccc12. The number of nitrogens with one attached hydrogen (secondary N) is 1. The van der Waals surface area contributed by atoms with E-state index in [0.717, 1.165) is 67.3 Å². The van der Waals surface area contributed by atoms with Gasteiger partial charge in [-0.25, -0.2) is 4.79 Å². The highest BCUT2D eigenvalue weighted by atomic mass is 16.6. The van der Waals surface area contributed by atoms with Crippen LogP contribution >= 0.6 is 0 Å². The van der Waals surface area contributed by atoms with Gasteiger partial charge >= 0.3 is 12.1 Å². The Kier molecular flexibility index (Phi) is 10.8. The van der Waals surface area contributed by atoms with Crippen molar-refractivity contribution in [3.05, 3.63) is 78.0 Å². The molecule has 0 saturated carbocycles. The fraction of sp³-hybridized carbons (Fsp3) is 0.406. The maximum Gasteiger partial charge on any atom is 0.410 e. The molecule has 0 bridgehead atoms. The Morgan fingerprint density at radius 3 is 2.52 bits per heavy atom. The van der Waals surface area contributed by atoms with Gasteiger partial charge in [0, 0.05) is 54.9 Å². The minimum atomic E-state index is -0.318.